The van der Waals surface area contributed by atoms with Crippen molar-refractivity contribution in [2.24, 2.45) is 5.84 Å². The number of sulfonamides is 1. The summed E-state index contributed by atoms with van der Waals surface area (Å²) in [7, 11) is 1.97. The molecular weight excluding hydrogens is 252 g/mol. The summed E-state index contributed by atoms with van der Waals surface area (Å²) >= 11 is 0. The van der Waals surface area contributed by atoms with Crippen LogP contribution in [0.5, 0.6) is 0 Å². The van der Waals surface area contributed by atoms with Gasteiger partial charge < -0.3 is 10.3 Å². The van der Waals surface area contributed by atoms with E-state index in [1.165, 1.54) is 16.4 Å². The molecule has 0 amide bonds. The number of nitrogens with two attached hydrogens (primary N) is 1. The largest absolute Gasteiger partial charge is 0.324 e. The molecule has 7 heteroatoms. The summed E-state index contributed by atoms with van der Waals surface area (Å²) in [6.45, 7) is 1.13. The average Bonchev–Trinajstić information content (AvgIpc) is 2.35. The third kappa shape index (κ3) is 3.67. The Morgan fingerprint density at radius 1 is 1.11 bits per heavy atom. The van der Waals surface area contributed by atoms with E-state index in [4.69, 9.17) is 5.84 Å². The zero-order valence-electron chi connectivity index (χ0n) is 10.9. The standard InChI is InChI=1S/C11H20N4O2S/c1-14(2)8-9-15(3)18(16,17)11-6-4-10(13-12)5-7-11/h4-7,13H,8-9,12H2,1-3H3. The van der Waals surface area contributed by atoms with Crippen LogP contribution < -0.4 is 11.3 Å². The molecule has 1 rings (SSSR count). The van der Waals surface area contributed by atoms with Gasteiger partial charge in [0.05, 0.1) is 4.90 Å². The summed E-state index contributed by atoms with van der Waals surface area (Å²) in [6.07, 6.45) is 0. The van der Waals surface area contributed by atoms with Crippen molar-refractivity contribution >= 4 is 15.7 Å². The van der Waals surface area contributed by atoms with Crippen molar-refractivity contribution < 1.29 is 8.42 Å². The Morgan fingerprint density at radius 3 is 2.11 bits per heavy atom. The lowest BCUT2D eigenvalue weighted by molar-refractivity contribution is 0.358. The van der Waals surface area contributed by atoms with Crippen molar-refractivity contribution in [3.05, 3.63) is 24.3 Å². The number of hydrazine groups is 1. The first kappa shape index (κ1) is 14.9. The maximum absolute atomic E-state index is 12.2. The minimum absolute atomic E-state index is 0.266. The molecule has 1 aromatic rings. The van der Waals surface area contributed by atoms with E-state index in [-0.39, 0.29) is 4.90 Å². The normalized spacial score (nSPS) is 12.1. The summed E-state index contributed by atoms with van der Waals surface area (Å²) < 4.78 is 25.7. The van der Waals surface area contributed by atoms with Crippen LogP contribution in [0.2, 0.25) is 0 Å². The van der Waals surface area contributed by atoms with Gasteiger partial charge in [0.1, 0.15) is 0 Å². The molecule has 0 aliphatic rings. The van der Waals surface area contributed by atoms with E-state index in [0.717, 1.165) is 0 Å². The van der Waals surface area contributed by atoms with Crippen molar-refractivity contribution in [1.82, 2.24) is 9.21 Å². The third-order valence-corrected chi connectivity index (χ3v) is 4.46. The summed E-state index contributed by atoms with van der Waals surface area (Å²) in [5, 5.41) is 0. The van der Waals surface area contributed by atoms with Gasteiger partial charge in [0, 0.05) is 25.8 Å². The van der Waals surface area contributed by atoms with Gasteiger partial charge in [-0.05, 0) is 38.4 Å². The summed E-state index contributed by atoms with van der Waals surface area (Å²) in [5.74, 6) is 5.23. The number of rotatable bonds is 6. The average molecular weight is 272 g/mol. The van der Waals surface area contributed by atoms with Gasteiger partial charge in [-0.1, -0.05) is 0 Å². The minimum atomic E-state index is -3.42. The fraction of sp³-hybridized carbons (Fsp3) is 0.455. The first-order valence-corrected chi connectivity index (χ1v) is 6.99. The van der Waals surface area contributed by atoms with Crippen LogP contribution in [-0.2, 0) is 10.0 Å². The zero-order chi connectivity index (χ0) is 13.8. The minimum Gasteiger partial charge on any atom is -0.324 e. The van der Waals surface area contributed by atoms with Crippen LogP contribution in [0.25, 0.3) is 0 Å². The van der Waals surface area contributed by atoms with Crippen LogP contribution >= 0.6 is 0 Å². The quantitative estimate of drug-likeness (QED) is 0.569. The molecule has 0 aliphatic carbocycles. The molecule has 0 atom stereocenters. The maximum atomic E-state index is 12.2. The van der Waals surface area contributed by atoms with E-state index >= 15 is 0 Å². The van der Waals surface area contributed by atoms with Gasteiger partial charge in [-0.15, -0.1) is 0 Å². The summed E-state index contributed by atoms with van der Waals surface area (Å²) in [5.41, 5.74) is 3.13. The van der Waals surface area contributed by atoms with Crippen LogP contribution in [0.1, 0.15) is 0 Å². The molecule has 0 aliphatic heterocycles. The fourth-order valence-electron chi connectivity index (χ4n) is 1.36. The molecule has 0 radical (unpaired) electrons. The Morgan fingerprint density at radius 2 is 1.67 bits per heavy atom. The number of likely N-dealkylation sites (N-methyl/N-ethyl adjacent to an activating group) is 2. The lowest BCUT2D eigenvalue weighted by Crippen LogP contribution is -2.33. The molecule has 3 N–H and O–H groups in total. The molecule has 0 aromatic heterocycles. The highest BCUT2D eigenvalue weighted by molar-refractivity contribution is 7.89. The van der Waals surface area contributed by atoms with E-state index in [9.17, 15) is 8.42 Å². The Bertz CT molecular complexity index is 470. The van der Waals surface area contributed by atoms with Crippen LogP contribution in [0.3, 0.4) is 0 Å². The predicted molar refractivity (Wildman–Crippen MR) is 72.6 cm³/mol. The van der Waals surface area contributed by atoms with Gasteiger partial charge in [-0.2, -0.15) is 4.31 Å². The number of nitrogens with one attached hydrogen (secondary N) is 1. The SMILES string of the molecule is CN(C)CCN(C)S(=O)(=O)c1ccc(NN)cc1. The number of hydrogen-bond acceptors (Lipinski definition) is 5. The first-order valence-electron chi connectivity index (χ1n) is 5.55. The van der Waals surface area contributed by atoms with Gasteiger partial charge in [-0.3, -0.25) is 5.84 Å². The smallest absolute Gasteiger partial charge is 0.242 e. The molecule has 0 saturated carbocycles. The topological polar surface area (TPSA) is 78.7 Å². The molecule has 18 heavy (non-hydrogen) atoms. The second-order valence-corrected chi connectivity index (χ2v) is 6.34. The second kappa shape index (κ2) is 6.14. The molecule has 102 valence electrons. The van der Waals surface area contributed by atoms with Crippen LogP contribution in [0.15, 0.2) is 29.2 Å². The molecule has 0 bridgehead atoms. The van der Waals surface area contributed by atoms with Crippen molar-refractivity contribution in [1.29, 1.82) is 0 Å². The highest BCUT2D eigenvalue weighted by Crippen LogP contribution is 2.16. The first-order chi connectivity index (χ1) is 8.37. The Kier molecular flexibility index (Phi) is 5.09. The van der Waals surface area contributed by atoms with Crippen molar-refractivity contribution in [2.75, 3.05) is 39.7 Å². The second-order valence-electron chi connectivity index (χ2n) is 4.30. The Balaban J connectivity index is 2.84. The lowest BCUT2D eigenvalue weighted by atomic mass is 10.3. The van der Waals surface area contributed by atoms with Gasteiger partial charge in [-0.25, -0.2) is 8.42 Å². The highest BCUT2D eigenvalue weighted by atomic mass is 32.2. The van der Waals surface area contributed by atoms with E-state index in [0.29, 0.717) is 18.8 Å². The van der Waals surface area contributed by atoms with Crippen molar-refractivity contribution in [3.63, 3.8) is 0 Å². The number of hydrogen-bond donors (Lipinski definition) is 2. The van der Waals surface area contributed by atoms with Gasteiger partial charge in [0.25, 0.3) is 0 Å². The number of nitrogen functional groups attached to an aromatic ring is 1. The lowest BCUT2D eigenvalue weighted by Gasteiger charge is -2.19. The van der Waals surface area contributed by atoms with Gasteiger partial charge in [0.2, 0.25) is 10.0 Å². The van der Waals surface area contributed by atoms with Crippen LogP contribution in [-0.4, -0.2) is 51.9 Å². The molecule has 6 nitrogen and oxygen atoms in total. The van der Waals surface area contributed by atoms with Gasteiger partial charge >= 0.3 is 0 Å². The molecule has 0 heterocycles. The third-order valence-electron chi connectivity index (χ3n) is 2.59. The molecule has 0 unspecified atom stereocenters. The molecule has 1 aromatic carbocycles. The number of anilines is 1. The fourth-order valence-corrected chi connectivity index (χ4v) is 2.53. The number of nitrogens with zero attached hydrogens (tertiary/aromatic N) is 2. The summed E-state index contributed by atoms with van der Waals surface area (Å²) in [6, 6.07) is 6.34. The molecule has 0 saturated heterocycles. The molecule has 0 fully saturated rings. The molecule has 0 spiro atoms. The highest BCUT2D eigenvalue weighted by Gasteiger charge is 2.20. The molecular formula is C11H20N4O2S. The van der Waals surface area contributed by atoms with Gasteiger partial charge in [0.15, 0.2) is 0 Å². The van der Waals surface area contributed by atoms with E-state index < -0.39 is 10.0 Å². The zero-order valence-corrected chi connectivity index (χ0v) is 11.7. The summed E-state index contributed by atoms with van der Waals surface area (Å²) in [4.78, 5) is 2.20. The monoisotopic (exact) mass is 272 g/mol. The number of benzene rings is 1. The van der Waals surface area contributed by atoms with Crippen molar-refractivity contribution in [2.45, 2.75) is 4.90 Å². The van der Waals surface area contributed by atoms with Crippen LogP contribution in [0.4, 0.5) is 5.69 Å². The predicted octanol–water partition coefficient (Wildman–Crippen LogP) is 0.154. The Labute approximate surface area is 108 Å². The maximum Gasteiger partial charge on any atom is 0.242 e. The van der Waals surface area contributed by atoms with E-state index in [2.05, 4.69) is 5.43 Å². The Hall–Kier alpha value is -1.15. The van der Waals surface area contributed by atoms with Crippen molar-refractivity contribution in [3.8, 4) is 0 Å². The van der Waals surface area contributed by atoms with Crippen LogP contribution in [0, 0.1) is 0 Å². The van der Waals surface area contributed by atoms with E-state index in [1.807, 2.05) is 19.0 Å². The van der Waals surface area contributed by atoms with E-state index in [1.54, 1.807) is 19.2 Å².